The molecule has 0 aromatic heterocycles. The van der Waals surface area contributed by atoms with Gasteiger partial charge in [0.25, 0.3) is 0 Å². The number of aliphatic hydroxyl groups is 1. The molecule has 1 atom stereocenters. The van der Waals surface area contributed by atoms with Crippen molar-refractivity contribution in [3.8, 4) is 11.5 Å². The number of aliphatic hydroxyl groups excluding tert-OH is 1. The molecule has 19 heavy (non-hydrogen) atoms. The second-order valence-corrected chi connectivity index (χ2v) is 5.35. The molecule has 2 rings (SSSR count). The Morgan fingerprint density at radius 3 is 3.11 bits per heavy atom. The maximum atomic E-state index is 10.1. The second kappa shape index (κ2) is 7.43. The van der Waals surface area contributed by atoms with Crippen LogP contribution in [0.4, 0.5) is 0 Å². The Balaban J connectivity index is 1.73. The van der Waals surface area contributed by atoms with E-state index in [9.17, 15) is 5.11 Å². The van der Waals surface area contributed by atoms with Gasteiger partial charge in [0.05, 0.1) is 6.10 Å². The molecule has 1 aliphatic rings. The van der Waals surface area contributed by atoms with E-state index in [1.807, 2.05) is 36.0 Å². The van der Waals surface area contributed by atoms with Crippen molar-refractivity contribution < 1.29 is 14.6 Å². The summed E-state index contributed by atoms with van der Waals surface area (Å²) in [5.74, 6) is 3.43. The average molecular weight is 281 g/mol. The summed E-state index contributed by atoms with van der Waals surface area (Å²) in [5, 5.41) is 13.3. The van der Waals surface area contributed by atoms with Crippen LogP contribution in [0.2, 0.25) is 0 Å². The molecule has 0 saturated heterocycles. The Labute approximate surface area is 117 Å². The summed E-state index contributed by atoms with van der Waals surface area (Å²) in [7, 11) is 0. The van der Waals surface area contributed by atoms with Crippen LogP contribution in [0.3, 0.4) is 0 Å². The van der Waals surface area contributed by atoms with Crippen molar-refractivity contribution in [1.29, 1.82) is 0 Å². The average Bonchev–Trinajstić information content (AvgIpc) is 2.89. The first kappa shape index (κ1) is 14.2. The molecule has 1 heterocycles. The normalized spacial score (nSPS) is 14.4. The topological polar surface area (TPSA) is 50.7 Å². The van der Waals surface area contributed by atoms with Crippen LogP contribution in [0.15, 0.2) is 30.9 Å². The molecule has 0 aliphatic carbocycles. The van der Waals surface area contributed by atoms with E-state index in [4.69, 9.17) is 9.47 Å². The maximum absolute atomic E-state index is 10.1. The Bertz CT molecular complexity index is 425. The van der Waals surface area contributed by atoms with Gasteiger partial charge in [0, 0.05) is 24.6 Å². The van der Waals surface area contributed by atoms with Gasteiger partial charge in [0.2, 0.25) is 6.79 Å². The van der Waals surface area contributed by atoms with Crippen molar-refractivity contribution in [3.63, 3.8) is 0 Å². The number of hydrogen-bond acceptors (Lipinski definition) is 5. The van der Waals surface area contributed by atoms with Gasteiger partial charge in [-0.25, -0.2) is 0 Å². The van der Waals surface area contributed by atoms with Gasteiger partial charge in [-0.1, -0.05) is 12.1 Å². The zero-order chi connectivity index (χ0) is 13.5. The van der Waals surface area contributed by atoms with E-state index in [1.165, 1.54) is 0 Å². The van der Waals surface area contributed by atoms with E-state index < -0.39 is 6.10 Å². The minimum atomic E-state index is -0.529. The van der Waals surface area contributed by atoms with E-state index in [0.29, 0.717) is 12.3 Å². The van der Waals surface area contributed by atoms with Crippen LogP contribution in [0, 0.1) is 0 Å². The van der Waals surface area contributed by atoms with Crippen LogP contribution in [0.1, 0.15) is 11.7 Å². The number of thioether (sulfide) groups is 1. The van der Waals surface area contributed by atoms with Crippen molar-refractivity contribution in [3.05, 3.63) is 36.4 Å². The lowest BCUT2D eigenvalue weighted by Gasteiger charge is -2.12. The van der Waals surface area contributed by atoms with E-state index in [-0.39, 0.29) is 6.79 Å². The van der Waals surface area contributed by atoms with Gasteiger partial charge < -0.3 is 19.9 Å². The van der Waals surface area contributed by atoms with Crippen LogP contribution in [-0.4, -0.2) is 36.5 Å². The third-order valence-electron chi connectivity index (χ3n) is 2.78. The molecule has 2 N–H and O–H groups in total. The lowest BCUT2D eigenvalue weighted by atomic mass is 10.1. The molecule has 0 fully saturated rings. The molecular formula is C14H19NO3S. The summed E-state index contributed by atoms with van der Waals surface area (Å²) in [5.41, 5.74) is 0.843. The van der Waals surface area contributed by atoms with Gasteiger partial charge >= 0.3 is 0 Å². The quantitative estimate of drug-likeness (QED) is 0.563. The fraction of sp³-hybridized carbons (Fsp3) is 0.429. The predicted molar refractivity (Wildman–Crippen MR) is 77.9 cm³/mol. The smallest absolute Gasteiger partial charge is 0.231 e. The van der Waals surface area contributed by atoms with E-state index in [1.54, 1.807) is 0 Å². The Hall–Kier alpha value is -1.17. The molecule has 1 aliphatic heterocycles. The van der Waals surface area contributed by atoms with Crippen LogP contribution in [-0.2, 0) is 0 Å². The molecule has 0 spiro atoms. The molecule has 0 radical (unpaired) electrons. The predicted octanol–water partition coefficient (Wildman–Crippen LogP) is 1.96. The fourth-order valence-corrected chi connectivity index (χ4v) is 2.41. The number of rotatable bonds is 8. The van der Waals surface area contributed by atoms with Crippen molar-refractivity contribution in [1.82, 2.24) is 5.32 Å². The van der Waals surface area contributed by atoms with E-state index >= 15 is 0 Å². The molecule has 104 valence electrons. The largest absolute Gasteiger partial charge is 0.454 e. The third-order valence-corrected chi connectivity index (χ3v) is 3.74. The maximum Gasteiger partial charge on any atom is 0.231 e. The van der Waals surface area contributed by atoms with Crippen LogP contribution in [0.5, 0.6) is 11.5 Å². The van der Waals surface area contributed by atoms with Crippen molar-refractivity contribution in [2.75, 3.05) is 31.4 Å². The molecule has 0 amide bonds. The van der Waals surface area contributed by atoms with Crippen molar-refractivity contribution >= 4 is 11.8 Å². The Morgan fingerprint density at radius 2 is 2.26 bits per heavy atom. The highest BCUT2D eigenvalue weighted by Gasteiger charge is 2.16. The summed E-state index contributed by atoms with van der Waals surface area (Å²) in [4.78, 5) is 0. The van der Waals surface area contributed by atoms with Crippen molar-refractivity contribution in [2.24, 2.45) is 0 Å². The minimum Gasteiger partial charge on any atom is -0.454 e. The van der Waals surface area contributed by atoms with Crippen molar-refractivity contribution in [2.45, 2.75) is 6.10 Å². The van der Waals surface area contributed by atoms with Gasteiger partial charge in [-0.05, 0) is 17.7 Å². The number of fused-ring (bicyclic) bond motifs is 1. The zero-order valence-corrected chi connectivity index (χ0v) is 11.6. The first-order valence-corrected chi connectivity index (χ1v) is 7.43. The Kier molecular flexibility index (Phi) is 5.57. The summed E-state index contributed by atoms with van der Waals surface area (Å²) in [6, 6.07) is 5.54. The monoisotopic (exact) mass is 281 g/mol. The second-order valence-electron chi connectivity index (χ2n) is 4.20. The summed E-state index contributed by atoms with van der Waals surface area (Å²) in [6.45, 7) is 5.34. The van der Waals surface area contributed by atoms with Gasteiger partial charge in [0.1, 0.15) is 0 Å². The number of ether oxygens (including phenoxy) is 2. The molecule has 1 aromatic carbocycles. The van der Waals surface area contributed by atoms with Crippen LogP contribution < -0.4 is 14.8 Å². The highest BCUT2D eigenvalue weighted by molar-refractivity contribution is 7.99. The lowest BCUT2D eigenvalue weighted by Crippen LogP contribution is -2.23. The first-order valence-electron chi connectivity index (χ1n) is 6.28. The number of nitrogens with one attached hydrogen (secondary N) is 1. The number of benzene rings is 1. The first-order chi connectivity index (χ1) is 9.31. The summed E-state index contributed by atoms with van der Waals surface area (Å²) >= 11 is 1.82. The van der Waals surface area contributed by atoms with Gasteiger partial charge in [-0.15, -0.1) is 6.58 Å². The van der Waals surface area contributed by atoms with Crippen LogP contribution >= 0.6 is 11.8 Å². The molecule has 1 unspecified atom stereocenters. The minimum absolute atomic E-state index is 0.258. The van der Waals surface area contributed by atoms with E-state index in [0.717, 1.165) is 29.4 Å². The summed E-state index contributed by atoms with van der Waals surface area (Å²) in [6.07, 6.45) is 1.37. The molecule has 0 saturated carbocycles. The highest BCUT2D eigenvalue weighted by atomic mass is 32.2. The molecule has 5 heteroatoms. The molecule has 4 nitrogen and oxygen atoms in total. The summed E-state index contributed by atoms with van der Waals surface area (Å²) < 4.78 is 10.5. The molecule has 0 bridgehead atoms. The van der Waals surface area contributed by atoms with Crippen LogP contribution in [0.25, 0.3) is 0 Å². The molecular weight excluding hydrogens is 262 g/mol. The van der Waals surface area contributed by atoms with Gasteiger partial charge in [-0.2, -0.15) is 11.8 Å². The van der Waals surface area contributed by atoms with Gasteiger partial charge in [-0.3, -0.25) is 0 Å². The standard InChI is InChI=1S/C14H19NO3S/c1-2-6-19-7-5-15-9-12(16)11-3-4-13-14(8-11)18-10-17-13/h2-4,8,12,15-16H,1,5-7,9-10H2. The van der Waals surface area contributed by atoms with E-state index in [2.05, 4.69) is 11.9 Å². The molecule has 1 aromatic rings. The SMILES string of the molecule is C=CCSCCNCC(O)c1ccc2c(c1)OCO2. The lowest BCUT2D eigenvalue weighted by molar-refractivity contribution is 0.170. The highest BCUT2D eigenvalue weighted by Crippen LogP contribution is 2.33. The third kappa shape index (κ3) is 4.16. The van der Waals surface area contributed by atoms with Gasteiger partial charge in [0.15, 0.2) is 11.5 Å². The fourth-order valence-electron chi connectivity index (χ4n) is 1.79. The zero-order valence-electron chi connectivity index (χ0n) is 10.8. The number of hydrogen-bond donors (Lipinski definition) is 2. The Morgan fingerprint density at radius 1 is 1.42 bits per heavy atom.